The lowest BCUT2D eigenvalue weighted by Crippen LogP contribution is -2.39. The number of hydrogen-bond donors (Lipinski definition) is 1. The molecule has 2 fully saturated rings. The van der Waals surface area contributed by atoms with Crippen LogP contribution < -0.4 is 5.32 Å². The van der Waals surface area contributed by atoms with Crippen LogP contribution in [0.1, 0.15) is 49.2 Å². The summed E-state index contributed by atoms with van der Waals surface area (Å²) in [6.45, 7) is 9.67. The Morgan fingerprint density at radius 2 is 1.68 bits per heavy atom. The molecule has 0 saturated carbocycles. The molecule has 2 aromatic rings. The number of halogens is 2. The van der Waals surface area contributed by atoms with Crippen molar-refractivity contribution >= 4 is 23.4 Å². The van der Waals surface area contributed by atoms with E-state index in [2.05, 4.69) is 22.3 Å². The number of nitrogens with zero attached hydrogens (tertiary/aromatic N) is 2. The zero-order valence-electron chi connectivity index (χ0n) is 20.1. The quantitative estimate of drug-likeness (QED) is 0.640. The maximum atomic E-state index is 14.2. The Morgan fingerprint density at radius 1 is 1.03 bits per heavy atom. The van der Waals surface area contributed by atoms with E-state index >= 15 is 0 Å². The Labute approximate surface area is 206 Å². The summed E-state index contributed by atoms with van der Waals surface area (Å²) >= 11 is 6.11. The third-order valence-electron chi connectivity index (χ3n) is 6.95. The maximum Gasteiger partial charge on any atom is 0.258 e. The molecule has 2 saturated heterocycles. The van der Waals surface area contributed by atoms with Gasteiger partial charge in [0.05, 0.1) is 16.6 Å². The summed E-state index contributed by atoms with van der Waals surface area (Å²) in [4.78, 5) is 29.7. The minimum atomic E-state index is -0.569. The molecular formula is C27H33ClFN3O2. The summed E-state index contributed by atoms with van der Waals surface area (Å²) < 4.78 is 14.2. The summed E-state index contributed by atoms with van der Waals surface area (Å²) in [6.07, 6.45) is 0.818. The SMILES string of the molecule is CC(C)(C)C(=O)NC(CCN1CC2CN(C(=O)c3c(F)cccc3Cl)C[C@@H]2C1)c1ccccc1. The third kappa shape index (κ3) is 5.44. The van der Waals surface area contributed by atoms with E-state index < -0.39 is 11.2 Å². The molecule has 2 aliphatic heterocycles. The molecule has 1 N–H and O–H groups in total. The molecular weight excluding hydrogens is 453 g/mol. The van der Waals surface area contributed by atoms with Gasteiger partial charge >= 0.3 is 0 Å². The number of fused-ring (bicyclic) bond motifs is 1. The Morgan fingerprint density at radius 3 is 2.26 bits per heavy atom. The van der Waals surface area contributed by atoms with Crippen molar-refractivity contribution in [3.05, 3.63) is 70.5 Å². The molecule has 0 spiro atoms. The predicted octanol–water partition coefficient (Wildman–Crippen LogP) is 4.78. The molecule has 182 valence electrons. The van der Waals surface area contributed by atoms with Crippen molar-refractivity contribution in [2.45, 2.75) is 33.2 Å². The molecule has 7 heteroatoms. The first kappa shape index (κ1) is 24.7. The summed E-state index contributed by atoms with van der Waals surface area (Å²) in [6, 6.07) is 14.4. The number of nitrogens with one attached hydrogen (secondary N) is 1. The molecule has 0 radical (unpaired) electrons. The van der Waals surface area contributed by atoms with Gasteiger partial charge in [-0.05, 0) is 36.0 Å². The van der Waals surface area contributed by atoms with Crippen LogP contribution in [-0.4, -0.2) is 54.3 Å². The van der Waals surface area contributed by atoms with E-state index in [1.165, 1.54) is 12.1 Å². The molecule has 2 amide bonds. The number of hydrogen-bond acceptors (Lipinski definition) is 3. The van der Waals surface area contributed by atoms with Crippen molar-refractivity contribution in [3.8, 4) is 0 Å². The lowest BCUT2D eigenvalue weighted by Gasteiger charge is -2.27. The lowest BCUT2D eigenvalue weighted by atomic mass is 9.94. The average molecular weight is 486 g/mol. The van der Waals surface area contributed by atoms with Gasteiger partial charge in [-0.1, -0.05) is 68.8 Å². The molecule has 0 aliphatic carbocycles. The number of carbonyl (C=O) groups excluding carboxylic acids is 2. The van der Waals surface area contributed by atoms with Gasteiger partial charge in [-0.2, -0.15) is 0 Å². The van der Waals surface area contributed by atoms with E-state index in [9.17, 15) is 14.0 Å². The van der Waals surface area contributed by atoms with Crippen molar-refractivity contribution in [1.29, 1.82) is 0 Å². The highest BCUT2D eigenvalue weighted by molar-refractivity contribution is 6.33. The fourth-order valence-corrected chi connectivity index (χ4v) is 5.24. The molecule has 5 nitrogen and oxygen atoms in total. The van der Waals surface area contributed by atoms with Gasteiger partial charge < -0.3 is 15.1 Å². The molecule has 34 heavy (non-hydrogen) atoms. The van der Waals surface area contributed by atoms with Crippen LogP contribution in [0.2, 0.25) is 5.02 Å². The Kier molecular flexibility index (Phi) is 7.29. The summed E-state index contributed by atoms with van der Waals surface area (Å²) in [5, 5.41) is 3.39. The highest BCUT2D eigenvalue weighted by Crippen LogP contribution is 2.34. The largest absolute Gasteiger partial charge is 0.349 e. The summed E-state index contributed by atoms with van der Waals surface area (Å²) in [7, 11) is 0. The topological polar surface area (TPSA) is 52.7 Å². The molecule has 3 atom stereocenters. The minimum Gasteiger partial charge on any atom is -0.349 e. The zero-order chi connectivity index (χ0) is 24.5. The number of carbonyl (C=O) groups is 2. The van der Waals surface area contributed by atoms with E-state index in [4.69, 9.17) is 11.6 Å². The summed E-state index contributed by atoms with van der Waals surface area (Å²) in [5.41, 5.74) is 0.633. The number of likely N-dealkylation sites (tertiary alicyclic amines) is 2. The molecule has 2 heterocycles. The predicted molar refractivity (Wildman–Crippen MR) is 132 cm³/mol. The second-order valence-corrected chi connectivity index (χ2v) is 11.0. The number of amides is 2. The van der Waals surface area contributed by atoms with Gasteiger partial charge in [0, 0.05) is 38.1 Å². The van der Waals surface area contributed by atoms with Crippen molar-refractivity contribution in [1.82, 2.24) is 15.1 Å². The number of benzene rings is 2. The molecule has 2 unspecified atom stereocenters. The number of rotatable bonds is 6. The van der Waals surface area contributed by atoms with Crippen LogP contribution in [0.25, 0.3) is 0 Å². The van der Waals surface area contributed by atoms with Crippen LogP contribution in [0, 0.1) is 23.1 Å². The molecule has 0 bridgehead atoms. The van der Waals surface area contributed by atoms with Crippen LogP contribution in [0.15, 0.2) is 48.5 Å². The monoisotopic (exact) mass is 485 g/mol. The van der Waals surface area contributed by atoms with Crippen LogP contribution in [0.3, 0.4) is 0 Å². The first-order chi connectivity index (χ1) is 16.1. The van der Waals surface area contributed by atoms with Crippen molar-refractivity contribution in [2.75, 3.05) is 32.7 Å². The van der Waals surface area contributed by atoms with Crippen molar-refractivity contribution < 1.29 is 14.0 Å². The molecule has 0 aromatic heterocycles. The van der Waals surface area contributed by atoms with Gasteiger partial charge in [-0.3, -0.25) is 9.59 Å². The van der Waals surface area contributed by atoms with Gasteiger partial charge in [0.25, 0.3) is 5.91 Å². The van der Waals surface area contributed by atoms with Crippen LogP contribution in [0.5, 0.6) is 0 Å². The van der Waals surface area contributed by atoms with Gasteiger partial charge in [0.1, 0.15) is 5.82 Å². The van der Waals surface area contributed by atoms with Crippen LogP contribution in [-0.2, 0) is 4.79 Å². The first-order valence-electron chi connectivity index (χ1n) is 11.9. The van der Waals surface area contributed by atoms with Crippen LogP contribution in [0.4, 0.5) is 4.39 Å². The molecule has 2 aromatic carbocycles. The summed E-state index contributed by atoms with van der Waals surface area (Å²) in [5.74, 6) is -0.109. The Bertz CT molecular complexity index is 1010. The smallest absolute Gasteiger partial charge is 0.258 e. The van der Waals surface area contributed by atoms with E-state index in [1.54, 1.807) is 11.0 Å². The van der Waals surface area contributed by atoms with Gasteiger partial charge in [0.2, 0.25) is 5.91 Å². The minimum absolute atomic E-state index is 0.0266. The standard InChI is InChI=1S/C27H33ClFN3O2/c1-27(2,3)26(34)30-23(18-8-5-4-6-9-18)12-13-31-14-19-16-32(17-20(19)15-31)25(33)24-21(28)10-7-11-22(24)29/h4-11,19-20,23H,12-17H2,1-3H3,(H,30,34)/t19-,20?,23?/m0/s1. The van der Waals surface area contributed by atoms with Crippen molar-refractivity contribution in [3.63, 3.8) is 0 Å². The average Bonchev–Trinajstić information content (AvgIpc) is 3.35. The van der Waals surface area contributed by atoms with Gasteiger partial charge in [-0.25, -0.2) is 4.39 Å². The molecule has 4 rings (SSSR count). The van der Waals surface area contributed by atoms with Gasteiger partial charge in [0.15, 0.2) is 0 Å². The normalized spacial score (nSPS) is 21.4. The van der Waals surface area contributed by atoms with E-state index in [0.717, 1.165) is 31.6 Å². The fraction of sp³-hybridized carbons (Fsp3) is 0.481. The highest BCUT2D eigenvalue weighted by atomic mass is 35.5. The van der Waals surface area contributed by atoms with E-state index in [-0.39, 0.29) is 28.4 Å². The maximum absolute atomic E-state index is 14.2. The third-order valence-corrected chi connectivity index (χ3v) is 7.26. The van der Waals surface area contributed by atoms with E-state index in [0.29, 0.717) is 24.9 Å². The van der Waals surface area contributed by atoms with Gasteiger partial charge in [-0.15, -0.1) is 0 Å². The van der Waals surface area contributed by atoms with Crippen LogP contribution >= 0.6 is 11.6 Å². The second kappa shape index (κ2) is 10.0. The second-order valence-electron chi connectivity index (χ2n) is 10.6. The lowest BCUT2D eigenvalue weighted by molar-refractivity contribution is -0.129. The first-order valence-corrected chi connectivity index (χ1v) is 12.3. The fourth-order valence-electron chi connectivity index (χ4n) is 4.99. The van der Waals surface area contributed by atoms with E-state index in [1.807, 2.05) is 39.0 Å². The Balaban J connectivity index is 1.34. The van der Waals surface area contributed by atoms with Crippen molar-refractivity contribution in [2.24, 2.45) is 17.3 Å². The molecule has 2 aliphatic rings. The Hall–Kier alpha value is -2.44. The zero-order valence-corrected chi connectivity index (χ0v) is 20.8. The highest BCUT2D eigenvalue weighted by Gasteiger charge is 2.42.